The second-order valence-electron chi connectivity index (χ2n) is 4.48. The number of pyridine rings is 1. The molecular formula is C12H18N2O. The van der Waals surface area contributed by atoms with Gasteiger partial charge in [-0.1, -0.05) is 0 Å². The zero-order valence-corrected chi connectivity index (χ0v) is 9.16. The summed E-state index contributed by atoms with van der Waals surface area (Å²) < 4.78 is 0. The summed E-state index contributed by atoms with van der Waals surface area (Å²) >= 11 is 0. The number of nitrogens with zero attached hydrogens (tertiary/aromatic N) is 1. The Kier molecular flexibility index (Phi) is 3.03. The molecule has 2 heterocycles. The van der Waals surface area contributed by atoms with E-state index in [0.717, 1.165) is 31.6 Å². The van der Waals surface area contributed by atoms with Crippen LogP contribution >= 0.6 is 0 Å². The quantitative estimate of drug-likeness (QED) is 0.760. The first-order valence-corrected chi connectivity index (χ1v) is 5.53. The number of hydrogen-bond donors (Lipinski definition) is 2. The Balaban J connectivity index is 2.06. The lowest BCUT2D eigenvalue weighted by molar-refractivity contribution is 0.0100. The van der Waals surface area contributed by atoms with Crippen LogP contribution < -0.4 is 5.32 Å². The molecule has 0 unspecified atom stereocenters. The van der Waals surface area contributed by atoms with E-state index >= 15 is 0 Å². The van der Waals surface area contributed by atoms with Crippen LogP contribution in [0.3, 0.4) is 0 Å². The third-order valence-electron chi connectivity index (χ3n) is 3.02. The molecule has 0 atom stereocenters. The Morgan fingerprint density at radius 1 is 1.47 bits per heavy atom. The summed E-state index contributed by atoms with van der Waals surface area (Å²) in [5.41, 5.74) is 1.66. The monoisotopic (exact) mass is 206 g/mol. The van der Waals surface area contributed by atoms with E-state index in [4.69, 9.17) is 0 Å². The van der Waals surface area contributed by atoms with Gasteiger partial charge in [0.25, 0.3) is 0 Å². The van der Waals surface area contributed by atoms with E-state index in [1.165, 1.54) is 5.56 Å². The molecule has 3 nitrogen and oxygen atoms in total. The minimum atomic E-state index is -0.550. The van der Waals surface area contributed by atoms with Gasteiger partial charge in [0.15, 0.2) is 0 Å². The van der Waals surface area contributed by atoms with Gasteiger partial charge in [0.05, 0.1) is 5.60 Å². The van der Waals surface area contributed by atoms with Crippen molar-refractivity contribution in [2.45, 2.75) is 31.8 Å². The largest absolute Gasteiger partial charge is 0.389 e. The standard InChI is InChI=1S/C12H18N2O/c1-10-2-5-14-11(8-10)9-12(15)3-6-13-7-4-12/h2,5,8,13,15H,3-4,6-7,9H2,1H3. The van der Waals surface area contributed by atoms with E-state index in [9.17, 15) is 5.11 Å². The van der Waals surface area contributed by atoms with E-state index in [1.807, 2.05) is 12.3 Å². The maximum Gasteiger partial charge on any atom is 0.0727 e. The SMILES string of the molecule is Cc1ccnc(CC2(O)CCNCC2)c1. The van der Waals surface area contributed by atoms with E-state index in [2.05, 4.69) is 23.3 Å². The molecule has 1 aromatic rings. The van der Waals surface area contributed by atoms with Gasteiger partial charge in [-0.25, -0.2) is 0 Å². The van der Waals surface area contributed by atoms with Gasteiger partial charge < -0.3 is 10.4 Å². The van der Waals surface area contributed by atoms with Crippen molar-refractivity contribution < 1.29 is 5.11 Å². The number of hydrogen-bond acceptors (Lipinski definition) is 3. The van der Waals surface area contributed by atoms with E-state index in [1.54, 1.807) is 0 Å². The molecule has 1 aliphatic heterocycles. The third kappa shape index (κ3) is 2.76. The fraction of sp³-hybridized carbons (Fsp3) is 0.583. The van der Waals surface area contributed by atoms with Gasteiger partial charge in [0, 0.05) is 18.3 Å². The molecule has 0 amide bonds. The third-order valence-corrected chi connectivity index (χ3v) is 3.02. The Morgan fingerprint density at radius 2 is 2.20 bits per heavy atom. The van der Waals surface area contributed by atoms with Crippen molar-refractivity contribution in [2.75, 3.05) is 13.1 Å². The van der Waals surface area contributed by atoms with E-state index in [-0.39, 0.29) is 0 Å². The highest BCUT2D eigenvalue weighted by atomic mass is 16.3. The molecule has 82 valence electrons. The fourth-order valence-electron chi connectivity index (χ4n) is 2.10. The van der Waals surface area contributed by atoms with Gasteiger partial charge in [-0.15, -0.1) is 0 Å². The molecule has 1 aromatic heterocycles. The van der Waals surface area contributed by atoms with Crippen LogP contribution in [0.15, 0.2) is 18.3 Å². The summed E-state index contributed by atoms with van der Waals surface area (Å²) in [4.78, 5) is 4.30. The molecule has 0 radical (unpaired) electrons. The number of nitrogens with one attached hydrogen (secondary N) is 1. The number of piperidine rings is 1. The summed E-state index contributed by atoms with van der Waals surface area (Å²) in [6, 6.07) is 4.04. The van der Waals surface area contributed by atoms with Crippen LogP contribution in [-0.2, 0) is 6.42 Å². The predicted molar refractivity (Wildman–Crippen MR) is 59.7 cm³/mol. The molecule has 3 heteroatoms. The zero-order valence-electron chi connectivity index (χ0n) is 9.16. The Hall–Kier alpha value is -0.930. The molecule has 1 saturated heterocycles. The lowest BCUT2D eigenvalue weighted by Gasteiger charge is -2.32. The summed E-state index contributed by atoms with van der Waals surface area (Å²) in [5, 5.41) is 13.6. The minimum absolute atomic E-state index is 0.550. The Bertz CT molecular complexity index is 332. The van der Waals surface area contributed by atoms with Crippen molar-refractivity contribution in [3.05, 3.63) is 29.6 Å². The average Bonchev–Trinajstić information content (AvgIpc) is 2.18. The highest BCUT2D eigenvalue weighted by Gasteiger charge is 2.29. The van der Waals surface area contributed by atoms with Crippen LogP contribution in [0.4, 0.5) is 0 Å². The van der Waals surface area contributed by atoms with Crippen LogP contribution in [0.5, 0.6) is 0 Å². The van der Waals surface area contributed by atoms with Gasteiger partial charge in [-0.2, -0.15) is 0 Å². The van der Waals surface area contributed by atoms with Crippen molar-refractivity contribution >= 4 is 0 Å². The van der Waals surface area contributed by atoms with Crippen LogP contribution in [0.2, 0.25) is 0 Å². The maximum absolute atomic E-state index is 10.3. The predicted octanol–water partition coefficient (Wildman–Crippen LogP) is 1.05. The van der Waals surface area contributed by atoms with Crippen LogP contribution in [0, 0.1) is 6.92 Å². The number of aromatic nitrogens is 1. The van der Waals surface area contributed by atoms with Gasteiger partial charge >= 0.3 is 0 Å². The fourth-order valence-corrected chi connectivity index (χ4v) is 2.10. The summed E-state index contributed by atoms with van der Waals surface area (Å²) in [5.74, 6) is 0. The Labute approximate surface area is 90.5 Å². The van der Waals surface area contributed by atoms with Crippen molar-refractivity contribution in [1.82, 2.24) is 10.3 Å². The molecule has 2 N–H and O–H groups in total. The molecule has 0 saturated carbocycles. The average molecular weight is 206 g/mol. The van der Waals surface area contributed by atoms with Gasteiger partial charge in [-0.3, -0.25) is 4.98 Å². The maximum atomic E-state index is 10.3. The topological polar surface area (TPSA) is 45.2 Å². The molecule has 2 rings (SSSR count). The van der Waals surface area contributed by atoms with E-state index < -0.39 is 5.60 Å². The van der Waals surface area contributed by atoms with Crippen molar-refractivity contribution in [3.63, 3.8) is 0 Å². The normalized spacial score (nSPS) is 20.1. The smallest absolute Gasteiger partial charge is 0.0727 e. The van der Waals surface area contributed by atoms with Crippen LogP contribution in [-0.4, -0.2) is 28.8 Å². The first-order valence-electron chi connectivity index (χ1n) is 5.53. The van der Waals surface area contributed by atoms with Crippen LogP contribution in [0.25, 0.3) is 0 Å². The number of rotatable bonds is 2. The van der Waals surface area contributed by atoms with Crippen molar-refractivity contribution in [3.8, 4) is 0 Å². The first-order chi connectivity index (χ1) is 7.18. The second-order valence-corrected chi connectivity index (χ2v) is 4.48. The minimum Gasteiger partial charge on any atom is -0.389 e. The molecular weight excluding hydrogens is 188 g/mol. The van der Waals surface area contributed by atoms with Gasteiger partial charge in [-0.05, 0) is 50.6 Å². The first kappa shape index (κ1) is 10.6. The molecule has 0 spiro atoms. The van der Waals surface area contributed by atoms with Crippen molar-refractivity contribution in [1.29, 1.82) is 0 Å². The highest BCUT2D eigenvalue weighted by Crippen LogP contribution is 2.22. The lowest BCUT2D eigenvalue weighted by atomic mass is 9.87. The van der Waals surface area contributed by atoms with E-state index in [0.29, 0.717) is 6.42 Å². The van der Waals surface area contributed by atoms with Crippen molar-refractivity contribution in [2.24, 2.45) is 0 Å². The summed E-state index contributed by atoms with van der Waals surface area (Å²) in [7, 11) is 0. The van der Waals surface area contributed by atoms with Crippen LogP contribution in [0.1, 0.15) is 24.1 Å². The lowest BCUT2D eigenvalue weighted by Crippen LogP contribution is -2.43. The molecule has 15 heavy (non-hydrogen) atoms. The number of aliphatic hydroxyl groups is 1. The molecule has 0 bridgehead atoms. The van der Waals surface area contributed by atoms with Gasteiger partial charge in [0.1, 0.15) is 0 Å². The highest BCUT2D eigenvalue weighted by molar-refractivity contribution is 5.16. The zero-order chi connectivity index (χ0) is 10.7. The molecule has 1 fully saturated rings. The molecule has 0 aromatic carbocycles. The number of aryl methyl sites for hydroxylation is 1. The molecule has 1 aliphatic rings. The van der Waals surface area contributed by atoms with Gasteiger partial charge in [0.2, 0.25) is 0 Å². The molecule has 0 aliphatic carbocycles. The summed E-state index contributed by atoms with van der Waals surface area (Å²) in [6.07, 6.45) is 4.14. The second kappa shape index (κ2) is 4.29. The summed E-state index contributed by atoms with van der Waals surface area (Å²) in [6.45, 7) is 3.86. The Morgan fingerprint density at radius 3 is 2.87 bits per heavy atom.